The van der Waals surface area contributed by atoms with Gasteiger partial charge in [-0.15, -0.1) is 0 Å². The molecule has 0 spiro atoms. The standard InChI is InChI=1S/C19H25N3O2/c23-18-8-4-11-22(18)15-6-3-5-14(13-15)19(24)20-16-9-12-21-10-2-1-7-17(16)21/h3,5-6,13,16-17H,1-2,4,7-12H2,(H,20,24)/t16-,17+/m1/s1. The summed E-state index contributed by atoms with van der Waals surface area (Å²) in [5.41, 5.74) is 1.50. The van der Waals surface area contributed by atoms with Gasteiger partial charge in [0.1, 0.15) is 0 Å². The molecule has 1 N–H and O–H groups in total. The summed E-state index contributed by atoms with van der Waals surface area (Å²) in [5.74, 6) is 0.141. The summed E-state index contributed by atoms with van der Waals surface area (Å²) in [7, 11) is 0. The van der Waals surface area contributed by atoms with Crippen molar-refractivity contribution in [2.24, 2.45) is 0 Å². The minimum Gasteiger partial charge on any atom is -0.348 e. The minimum atomic E-state index is -0.0130. The van der Waals surface area contributed by atoms with Gasteiger partial charge in [-0.1, -0.05) is 12.5 Å². The van der Waals surface area contributed by atoms with Crippen molar-refractivity contribution in [3.63, 3.8) is 0 Å². The van der Waals surface area contributed by atoms with Gasteiger partial charge in [-0.05, 0) is 50.4 Å². The number of benzene rings is 1. The Balaban J connectivity index is 1.46. The van der Waals surface area contributed by atoms with Crippen LogP contribution in [0.5, 0.6) is 0 Å². The first-order chi connectivity index (χ1) is 11.7. The van der Waals surface area contributed by atoms with Gasteiger partial charge in [-0.2, -0.15) is 0 Å². The third-order valence-corrected chi connectivity index (χ3v) is 5.67. The maximum atomic E-state index is 12.7. The molecule has 0 aromatic heterocycles. The highest BCUT2D eigenvalue weighted by Crippen LogP contribution is 2.28. The third-order valence-electron chi connectivity index (χ3n) is 5.67. The van der Waals surface area contributed by atoms with Crippen molar-refractivity contribution in [1.82, 2.24) is 10.2 Å². The van der Waals surface area contributed by atoms with E-state index in [0.717, 1.165) is 31.6 Å². The van der Waals surface area contributed by atoms with Gasteiger partial charge in [0.15, 0.2) is 0 Å². The topological polar surface area (TPSA) is 52.7 Å². The van der Waals surface area contributed by atoms with Crippen molar-refractivity contribution in [1.29, 1.82) is 0 Å². The molecule has 5 heteroatoms. The van der Waals surface area contributed by atoms with Crippen LogP contribution in [-0.4, -0.2) is 48.4 Å². The predicted octanol–water partition coefficient (Wildman–Crippen LogP) is 2.17. The summed E-state index contributed by atoms with van der Waals surface area (Å²) in [4.78, 5) is 28.9. The SMILES string of the molecule is O=C(N[C@@H]1CCN2CCCC[C@@H]12)c1cccc(N2CCCC2=O)c1. The highest BCUT2D eigenvalue weighted by Gasteiger charge is 2.36. The molecule has 0 bridgehead atoms. The van der Waals surface area contributed by atoms with Gasteiger partial charge in [0.05, 0.1) is 0 Å². The van der Waals surface area contributed by atoms with Crippen molar-refractivity contribution in [2.75, 3.05) is 24.5 Å². The molecule has 3 aliphatic rings. The summed E-state index contributed by atoms with van der Waals surface area (Å²) >= 11 is 0. The fourth-order valence-electron chi connectivity index (χ4n) is 4.40. The fourth-order valence-corrected chi connectivity index (χ4v) is 4.40. The van der Waals surface area contributed by atoms with Crippen LogP contribution in [0.15, 0.2) is 24.3 Å². The zero-order valence-electron chi connectivity index (χ0n) is 14.0. The van der Waals surface area contributed by atoms with E-state index in [1.54, 1.807) is 4.90 Å². The van der Waals surface area contributed by atoms with Crippen LogP contribution in [0.4, 0.5) is 5.69 Å². The van der Waals surface area contributed by atoms with Crippen LogP contribution in [0.2, 0.25) is 0 Å². The first-order valence-electron chi connectivity index (χ1n) is 9.18. The van der Waals surface area contributed by atoms with Crippen molar-refractivity contribution in [3.8, 4) is 0 Å². The molecular weight excluding hydrogens is 302 g/mol. The summed E-state index contributed by atoms with van der Waals surface area (Å²) in [6.07, 6.45) is 6.28. The quantitative estimate of drug-likeness (QED) is 0.926. The fraction of sp³-hybridized carbons (Fsp3) is 0.579. The molecule has 0 aliphatic carbocycles. The number of nitrogens with zero attached hydrogens (tertiary/aromatic N) is 2. The van der Waals surface area contributed by atoms with Gasteiger partial charge in [0.25, 0.3) is 5.91 Å². The molecule has 128 valence electrons. The van der Waals surface area contributed by atoms with Crippen LogP contribution in [0.3, 0.4) is 0 Å². The van der Waals surface area contributed by atoms with E-state index in [2.05, 4.69) is 10.2 Å². The highest BCUT2D eigenvalue weighted by atomic mass is 16.2. The third kappa shape index (κ3) is 2.93. The van der Waals surface area contributed by atoms with E-state index in [1.165, 1.54) is 25.8 Å². The summed E-state index contributed by atoms with van der Waals surface area (Å²) < 4.78 is 0. The van der Waals surface area contributed by atoms with Crippen molar-refractivity contribution >= 4 is 17.5 Å². The second-order valence-electron chi connectivity index (χ2n) is 7.17. The molecule has 4 rings (SSSR count). The molecule has 0 radical (unpaired) electrons. The van der Waals surface area contributed by atoms with Gasteiger partial charge >= 0.3 is 0 Å². The number of rotatable bonds is 3. The van der Waals surface area contributed by atoms with Crippen molar-refractivity contribution in [3.05, 3.63) is 29.8 Å². The first-order valence-corrected chi connectivity index (χ1v) is 9.18. The Morgan fingerprint density at radius 1 is 1.08 bits per heavy atom. The van der Waals surface area contributed by atoms with Crippen LogP contribution in [0, 0.1) is 0 Å². The Labute approximate surface area is 143 Å². The lowest BCUT2D eigenvalue weighted by atomic mass is 9.98. The average molecular weight is 327 g/mol. The van der Waals surface area contributed by atoms with E-state index >= 15 is 0 Å². The largest absolute Gasteiger partial charge is 0.348 e. The predicted molar refractivity (Wildman–Crippen MR) is 93.1 cm³/mol. The van der Waals surface area contributed by atoms with Gasteiger partial charge in [-0.25, -0.2) is 0 Å². The average Bonchev–Trinajstić information content (AvgIpc) is 3.22. The van der Waals surface area contributed by atoms with Gasteiger partial charge in [-0.3, -0.25) is 14.5 Å². The second kappa shape index (κ2) is 6.55. The first kappa shape index (κ1) is 15.6. The number of fused-ring (bicyclic) bond motifs is 1. The Morgan fingerprint density at radius 2 is 2.00 bits per heavy atom. The molecule has 24 heavy (non-hydrogen) atoms. The lowest BCUT2D eigenvalue weighted by molar-refractivity contribution is -0.117. The van der Waals surface area contributed by atoms with Gasteiger partial charge < -0.3 is 10.2 Å². The molecule has 1 aromatic carbocycles. The maximum Gasteiger partial charge on any atom is 0.251 e. The Bertz CT molecular complexity index is 645. The normalized spacial score (nSPS) is 27.3. The zero-order chi connectivity index (χ0) is 16.5. The lowest BCUT2D eigenvalue weighted by Crippen LogP contribution is -2.46. The zero-order valence-corrected chi connectivity index (χ0v) is 14.0. The lowest BCUT2D eigenvalue weighted by Gasteiger charge is -2.32. The number of carbonyl (C=O) groups is 2. The summed E-state index contributed by atoms with van der Waals surface area (Å²) in [6, 6.07) is 8.25. The Kier molecular flexibility index (Phi) is 4.27. The summed E-state index contributed by atoms with van der Waals surface area (Å²) in [5, 5.41) is 3.24. The molecule has 1 aromatic rings. The summed E-state index contributed by atoms with van der Waals surface area (Å²) in [6.45, 7) is 3.02. The van der Waals surface area contributed by atoms with E-state index in [4.69, 9.17) is 0 Å². The number of anilines is 1. The molecule has 0 unspecified atom stereocenters. The van der Waals surface area contributed by atoms with Crippen LogP contribution < -0.4 is 10.2 Å². The highest BCUT2D eigenvalue weighted by molar-refractivity contribution is 5.99. The molecule has 3 aliphatic heterocycles. The van der Waals surface area contributed by atoms with Gasteiger partial charge in [0, 0.05) is 42.8 Å². The number of amides is 2. The Hall–Kier alpha value is -1.88. The number of carbonyl (C=O) groups excluding carboxylic acids is 2. The van der Waals surface area contributed by atoms with Crippen molar-refractivity contribution < 1.29 is 9.59 Å². The minimum absolute atomic E-state index is 0.0130. The van der Waals surface area contributed by atoms with Crippen molar-refractivity contribution in [2.45, 2.75) is 50.6 Å². The van der Waals surface area contributed by atoms with Crippen LogP contribution in [0.1, 0.15) is 48.9 Å². The molecule has 3 saturated heterocycles. The molecule has 3 heterocycles. The molecule has 5 nitrogen and oxygen atoms in total. The Morgan fingerprint density at radius 3 is 2.83 bits per heavy atom. The van der Waals surface area contributed by atoms with E-state index < -0.39 is 0 Å². The number of nitrogens with one attached hydrogen (secondary N) is 1. The van der Waals surface area contributed by atoms with Crippen LogP contribution in [-0.2, 0) is 4.79 Å². The van der Waals surface area contributed by atoms with E-state index in [-0.39, 0.29) is 17.9 Å². The van der Waals surface area contributed by atoms with E-state index in [1.807, 2.05) is 24.3 Å². The number of hydrogen-bond donors (Lipinski definition) is 1. The maximum absolute atomic E-state index is 12.7. The van der Waals surface area contributed by atoms with Gasteiger partial charge in [0.2, 0.25) is 5.91 Å². The monoisotopic (exact) mass is 327 g/mol. The smallest absolute Gasteiger partial charge is 0.251 e. The molecule has 2 atom stereocenters. The molecular formula is C19H25N3O2. The van der Waals surface area contributed by atoms with E-state index in [9.17, 15) is 9.59 Å². The molecule has 3 fully saturated rings. The number of piperidine rings is 1. The molecule has 2 amide bonds. The molecule has 0 saturated carbocycles. The second-order valence-corrected chi connectivity index (χ2v) is 7.17. The van der Waals surface area contributed by atoms with E-state index in [0.29, 0.717) is 18.0 Å². The van der Waals surface area contributed by atoms with Crippen LogP contribution in [0.25, 0.3) is 0 Å². The van der Waals surface area contributed by atoms with Crippen LogP contribution >= 0.6 is 0 Å². The number of hydrogen-bond acceptors (Lipinski definition) is 3.